The fourth-order valence-electron chi connectivity index (χ4n) is 2.04. The molecule has 0 spiro atoms. The van der Waals surface area contributed by atoms with E-state index in [0.29, 0.717) is 112 Å². The summed E-state index contributed by atoms with van der Waals surface area (Å²) in [5.74, 6) is 0. The molecule has 0 aromatic rings. The smallest absolute Gasteiger partial charge is 0.0703 e. The largest absolute Gasteiger partial charge is 0.378 e. The van der Waals surface area contributed by atoms with Crippen molar-refractivity contribution >= 4 is 15.9 Å². The lowest BCUT2D eigenvalue weighted by Gasteiger charge is -2.09. The Morgan fingerprint density at radius 3 is 0.839 bits per heavy atom. The van der Waals surface area contributed by atoms with Crippen LogP contribution < -0.4 is 0 Å². The molecule has 0 saturated heterocycles. The van der Waals surface area contributed by atoms with Gasteiger partial charge in [0.15, 0.2) is 0 Å². The van der Waals surface area contributed by atoms with Crippen LogP contribution >= 0.6 is 15.9 Å². The predicted octanol–water partition coefficient (Wildman–Crippen LogP) is 1.94. The summed E-state index contributed by atoms with van der Waals surface area (Å²) in [6.45, 7) is 13.7. The Labute approximate surface area is 196 Å². The first-order valence-corrected chi connectivity index (χ1v) is 12.2. The number of hydrogen-bond acceptors (Lipinski definition) is 9. The minimum atomic E-state index is 0.240. The van der Waals surface area contributed by atoms with E-state index in [-0.39, 0.29) is 6.10 Å². The third-order valence-electron chi connectivity index (χ3n) is 3.50. The molecule has 0 atom stereocenters. The van der Waals surface area contributed by atoms with Crippen molar-refractivity contribution in [1.29, 1.82) is 0 Å². The topological polar surface area (TPSA) is 83.1 Å². The number of ether oxygens (including phenoxy) is 9. The molecule has 0 fully saturated rings. The first-order valence-electron chi connectivity index (χ1n) is 11.1. The van der Waals surface area contributed by atoms with Gasteiger partial charge in [0, 0.05) is 5.33 Å². The van der Waals surface area contributed by atoms with Gasteiger partial charge in [0.1, 0.15) is 0 Å². The van der Waals surface area contributed by atoms with Crippen molar-refractivity contribution in [3.63, 3.8) is 0 Å². The summed E-state index contributed by atoms with van der Waals surface area (Å²) in [7, 11) is 0. The van der Waals surface area contributed by atoms with Crippen LogP contribution in [0.5, 0.6) is 0 Å². The highest BCUT2D eigenvalue weighted by atomic mass is 79.9. The molecule has 0 radical (unpaired) electrons. The molecular weight excluding hydrogens is 476 g/mol. The molecular formula is C21H43BrO9. The molecule has 31 heavy (non-hydrogen) atoms. The lowest BCUT2D eigenvalue weighted by Crippen LogP contribution is -2.15. The second-order valence-corrected chi connectivity index (χ2v) is 7.30. The first-order chi connectivity index (χ1) is 15.3. The van der Waals surface area contributed by atoms with Crippen molar-refractivity contribution in [2.75, 3.05) is 118 Å². The fraction of sp³-hybridized carbons (Fsp3) is 1.00. The molecule has 0 N–H and O–H groups in total. The van der Waals surface area contributed by atoms with Gasteiger partial charge in [0.05, 0.1) is 118 Å². The van der Waals surface area contributed by atoms with Gasteiger partial charge in [0.2, 0.25) is 0 Å². The highest BCUT2D eigenvalue weighted by Gasteiger charge is 1.96. The number of hydrogen-bond donors (Lipinski definition) is 0. The van der Waals surface area contributed by atoms with Crippen molar-refractivity contribution in [2.45, 2.75) is 20.0 Å². The molecule has 0 rings (SSSR count). The molecule has 0 aromatic heterocycles. The third-order valence-corrected chi connectivity index (χ3v) is 3.83. The Morgan fingerprint density at radius 1 is 0.387 bits per heavy atom. The van der Waals surface area contributed by atoms with E-state index in [2.05, 4.69) is 15.9 Å². The van der Waals surface area contributed by atoms with E-state index in [9.17, 15) is 0 Å². The summed E-state index contributed by atoms with van der Waals surface area (Å²) in [5, 5.41) is 0.844. The van der Waals surface area contributed by atoms with Crippen LogP contribution in [0.2, 0.25) is 0 Å². The Morgan fingerprint density at radius 2 is 0.613 bits per heavy atom. The Kier molecular flexibility index (Phi) is 28.3. The van der Waals surface area contributed by atoms with Gasteiger partial charge >= 0.3 is 0 Å². The second kappa shape index (κ2) is 28.2. The van der Waals surface area contributed by atoms with Crippen molar-refractivity contribution in [3.05, 3.63) is 0 Å². The summed E-state index contributed by atoms with van der Waals surface area (Å²) in [5.41, 5.74) is 0. The summed E-state index contributed by atoms with van der Waals surface area (Å²) < 4.78 is 48.5. The van der Waals surface area contributed by atoms with Gasteiger partial charge in [-0.3, -0.25) is 0 Å². The minimum absolute atomic E-state index is 0.240. The van der Waals surface area contributed by atoms with Gasteiger partial charge in [-0.05, 0) is 13.8 Å². The van der Waals surface area contributed by atoms with Gasteiger partial charge in [0.25, 0.3) is 0 Å². The quantitative estimate of drug-likeness (QED) is 0.119. The molecule has 0 saturated carbocycles. The van der Waals surface area contributed by atoms with Gasteiger partial charge < -0.3 is 42.6 Å². The fourth-order valence-corrected chi connectivity index (χ4v) is 2.27. The zero-order valence-electron chi connectivity index (χ0n) is 19.4. The Hall–Kier alpha value is 0.120. The van der Waals surface area contributed by atoms with Gasteiger partial charge in [-0.25, -0.2) is 0 Å². The number of alkyl halides is 1. The summed E-state index contributed by atoms with van der Waals surface area (Å²) >= 11 is 3.29. The first kappa shape index (κ1) is 31.1. The lowest BCUT2D eigenvalue weighted by molar-refractivity contribution is -0.0267. The van der Waals surface area contributed by atoms with Crippen molar-refractivity contribution in [2.24, 2.45) is 0 Å². The maximum absolute atomic E-state index is 5.43. The average Bonchev–Trinajstić information content (AvgIpc) is 2.76. The molecule has 0 aliphatic rings. The molecule has 0 aliphatic heterocycles. The summed E-state index contributed by atoms with van der Waals surface area (Å²) in [6, 6.07) is 0. The molecule has 0 aromatic carbocycles. The van der Waals surface area contributed by atoms with Crippen molar-refractivity contribution in [1.82, 2.24) is 0 Å². The van der Waals surface area contributed by atoms with Crippen molar-refractivity contribution in [3.8, 4) is 0 Å². The Bertz CT molecular complexity index is 325. The molecule has 188 valence electrons. The minimum Gasteiger partial charge on any atom is -0.378 e. The van der Waals surface area contributed by atoms with Crippen LogP contribution in [0.4, 0.5) is 0 Å². The molecule has 10 heteroatoms. The maximum Gasteiger partial charge on any atom is 0.0703 e. The van der Waals surface area contributed by atoms with Gasteiger partial charge in [-0.2, -0.15) is 0 Å². The maximum atomic E-state index is 5.43. The highest BCUT2D eigenvalue weighted by molar-refractivity contribution is 9.09. The molecule has 0 bridgehead atoms. The van der Waals surface area contributed by atoms with Crippen LogP contribution in [0.15, 0.2) is 0 Å². The highest BCUT2D eigenvalue weighted by Crippen LogP contribution is 1.88. The molecule has 0 aliphatic carbocycles. The van der Waals surface area contributed by atoms with Gasteiger partial charge in [-0.15, -0.1) is 0 Å². The molecule has 0 heterocycles. The Balaban J connectivity index is 2.99. The number of halogens is 1. The van der Waals surface area contributed by atoms with E-state index in [1.807, 2.05) is 13.8 Å². The normalized spacial score (nSPS) is 11.6. The van der Waals surface area contributed by atoms with Crippen LogP contribution in [-0.4, -0.2) is 124 Å². The lowest BCUT2D eigenvalue weighted by atomic mass is 10.5. The predicted molar refractivity (Wildman–Crippen MR) is 121 cm³/mol. The third kappa shape index (κ3) is 30.1. The van der Waals surface area contributed by atoms with Crippen molar-refractivity contribution < 1.29 is 42.6 Å². The zero-order valence-corrected chi connectivity index (χ0v) is 20.9. The van der Waals surface area contributed by atoms with Crippen LogP contribution in [0.25, 0.3) is 0 Å². The van der Waals surface area contributed by atoms with Crippen LogP contribution in [0.3, 0.4) is 0 Å². The van der Waals surface area contributed by atoms with E-state index in [1.165, 1.54) is 0 Å². The zero-order chi connectivity index (χ0) is 22.7. The van der Waals surface area contributed by atoms with E-state index < -0.39 is 0 Å². The van der Waals surface area contributed by atoms with E-state index in [1.54, 1.807) is 0 Å². The van der Waals surface area contributed by atoms with Crippen LogP contribution in [-0.2, 0) is 42.6 Å². The molecule has 9 nitrogen and oxygen atoms in total. The monoisotopic (exact) mass is 518 g/mol. The van der Waals surface area contributed by atoms with E-state index >= 15 is 0 Å². The van der Waals surface area contributed by atoms with Crippen LogP contribution in [0.1, 0.15) is 13.8 Å². The molecule has 0 amide bonds. The summed E-state index contributed by atoms with van der Waals surface area (Å²) in [4.78, 5) is 0. The standard InChI is InChI=1S/C21H43BrO9/c1-21(2)31-20-19-30-18-17-29-16-15-28-14-13-27-12-11-26-10-9-25-8-7-24-6-5-23-4-3-22/h21H,3-20H2,1-2H3. The summed E-state index contributed by atoms with van der Waals surface area (Å²) in [6.07, 6.45) is 0.240. The average molecular weight is 519 g/mol. The number of rotatable bonds is 27. The van der Waals surface area contributed by atoms with Crippen LogP contribution in [0, 0.1) is 0 Å². The second-order valence-electron chi connectivity index (χ2n) is 6.51. The van der Waals surface area contributed by atoms with Gasteiger partial charge in [-0.1, -0.05) is 15.9 Å². The van der Waals surface area contributed by atoms with E-state index in [0.717, 1.165) is 5.33 Å². The molecule has 0 unspecified atom stereocenters. The SMILES string of the molecule is CC(C)OCCOCCOCCOCCOCCOCCOCCOCCOCCBr. The van der Waals surface area contributed by atoms with E-state index in [4.69, 9.17) is 42.6 Å².